The number of ether oxygens (including phenoxy) is 1. The highest BCUT2D eigenvalue weighted by Gasteiger charge is 2.12. The van der Waals surface area contributed by atoms with Crippen LogP contribution in [0.3, 0.4) is 0 Å². The lowest BCUT2D eigenvalue weighted by atomic mass is 10.1. The van der Waals surface area contributed by atoms with Crippen LogP contribution < -0.4 is 5.73 Å². The number of hydrogen-bond donors (Lipinski definition) is 2. The maximum atomic E-state index is 10.1. The lowest BCUT2D eigenvalue weighted by Crippen LogP contribution is -1.96. The summed E-state index contributed by atoms with van der Waals surface area (Å²) in [5.41, 5.74) is 7.76. The number of aromatic hydroxyl groups is 1. The van der Waals surface area contributed by atoms with Crippen LogP contribution in [0.5, 0.6) is 5.75 Å². The van der Waals surface area contributed by atoms with Crippen molar-refractivity contribution in [2.24, 2.45) is 7.05 Å². The van der Waals surface area contributed by atoms with Gasteiger partial charge in [-0.1, -0.05) is 12.1 Å². The smallest absolute Gasteiger partial charge is 0.130 e. The molecule has 1 aromatic heterocycles. The molecule has 0 saturated heterocycles. The van der Waals surface area contributed by atoms with E-state index < -0.39 is 0 Å². The highest BCUT2D eigenvalue weighted by atomic mass is 16.5. The second-order valence-corrected chi connectivity index (χ2v) is 3.82. The Kier molecular flexibility index (Phi) is 3.01. The predicted octanol–water partition coefficient (Wildman–Crippen LogP) is 1.52. The van der Waals surface area contributed by atoms with E-state index in [1.807, 2.05) is 12.1 Å². The van der Waals surface area contributed by atoms with Crippen molar-refractivity contribution in [2.75, 3.05) is 12.8 Å². The van der Waals surface area contributed by atoms with Gasteiger partial charge in [-0.05, 0) is 6.07 Å². The van der Waals surface area contributed by atoms with Crippen molar-refractivity contribution in [3.8, 4) is 17.0 Å². The molecule has 2 aromatic rings. The number of nitrogen functional groups attached to an aromatic ring is 1. The molecule has 0 spiro atoms. The van der Waals surface area contributed by atoms with Gasteiger partial charge in [0, 0.05) is 31.4 Å². The van der Waals surface area contributed by atoms with Crippen LogP contribution in [-0.2, 0) is 18.4 Å². The molecule has 0 fully saturated rings. The van der Waals surface area contributed by atoms with Gasteiger partial charge in [0.1, 0.15) is 11.6 Å². The maximum Gasteiger partial charge on any atom is 0.130 e. The van der Waals surface area contributed by atoms with E-state index >= 15 is 0 Å². The molecule has 3 N–H and O–H groups in total. The summed E-state index contributed by atoms with van der Waals surface area (Å²) in [6.07, 6.45) is 0. The average molecular weight is 233 g/mol. The van der Waals surface area contributed by atoms with Crippen molar-refractivity contribution in [1.82, 2.24) is 9.78 Å². The molecular formula is C12H15N3O2. The van der Waals surface area contributed by atoms with Gasteiger partial charge in [0.25, 0.3) is 0 Å². The van der Waals surface area contributed by atoms with Gasteiger partial charge >= 0.3 is 0 Å². The number of phenols is 1. The minimum absolute atomic E-state index is 0.187. The molecule has 2 rings (SSSR count). The van der Waals surface area contributed by atoms with E-state index in [0.717, 1.165) is 5.56 Å². The summed E-state index contributed by atoms with van der Waals surface area (Å²) in [6, 6.07) is 7.20. The Labute approximate surface area is 99.4 Å². The molecule has 5 nitrogen and oxygen atoms in total. The van der Waals surface area contributed by atoms with Gasteiger partial charge in [0.15, 0.2) is 0 Å². The first-order valence-corrected chi connectivity index (χ1v) is 5.23. The van der Waals surface area contributed by atoms with Crippen LogP contribution in [0.15, 0.2) is 24.3 Å². The fraction of sp³-hybridized carbons (Fsp3) is 0.250. The zero-order chi connectivity index (χ0) is 12.4. The normalized spacial score (nSPS) is 10.7. The molecular weight excluding hydrogens is 218 g/mol. The Morgan fingerprint density at radius 3 is 2.82 bits per heavy atom. The highest BCUT2D eigenvalue weighted by Crippen LogP contribution is 2.32. The first-order chi connectivity index (χ1) is 8.13. The van der Waals surface area contributed by atoms with Gasteiger partial charge in [0.2, 0.25) is 0 Å². The molecule has 5 heteroatoms. The Morgan fingerprint density at radius 1 is 1.47 bits per heavy atom. The number of nitrogens with two attached hydrogens (primary N) is 1. The number of phenolic OH excluding ortho intramolecular Hbond substituents is 1. The van der Waals surface area contributed by atoms with E-state index in [1.165, 1.54) is 0 Å². The summed E-state index contributed by atoms with van der Waals surface area (Å²) in [6.45, 7) is 0.363. The van der Waals surface area contributed by atoms with Gasteiger partial charge in [0.05, 0.1) is 12.3 Å². The summed E-state index contributed by atoms with van der Waals surface area (Å²) in [7, 11) is 3.35. The number of rotatable bonds is 3. The first-order valence-electron chi connectivity index (χ1n) is 5.23. The maximum absolute atomic E-state index is 10.1. The van der Waals surface area contributed by atoms with Gasteiger partial charge in [-0.2, -0.15) is 5.10 Å². The Morgan fingerprint density at radius 2 is 2.24 bits per heavy atom. The summed E-state index contributed by atoms with van der Waals surface area (Å²) in [4.78, 5) is 0. The van der Waals surface area contributed by atoms with E-state index in [2.05, 4.69) is 5.10 Å². The Balaban J connectivity index is 2.48. The van der Waals surface area contributed by atoms with Gasteiger partial charge < -0.3 is 15.6 Å². The monoisotopic (exact) mass is 233 g/mol. The summed E-state index contributed by atoms with van der Waals surface area (Å²) < 4.78 is 6.59. The third kappa shape index (κ3) is 2.09. The van der Waals surface area contributed by atoms with Gasteiger partial charge in [-0.25, -0.2) is 0 Å². The Hall–Kier alpha value is -2.01. The number of aryl methyl sites for hydroxylation is 1. The molecule has 0 saturated carbocycles. The average Bonchev–Trinajstić information content (AvgIpc) is 2.62. The van der Waals surface area contributed by atoms with Crippen molar-refractivity contribution >= 4 is 5.82 Å². The molecule has 0 aliphatic heterocycles. The molecule has 0 bridgehead atoms. The first kappa shape index (κ1) is 11.5. The van der Waals surface area contributed by atoms with Crippen molar-refractivity contribution < 1.29 is 9.84 Å². The highest BCUT2D eigenvalue weighted by molar-refractivity contribution is 5.70. The molecule has 0 aliphatic carbocycles. The number of aromatic nitrogens is 2. The molecule has 1 heterocycles. The zero-order valence-electron chi connectivity index (χ0n) is 9.84. The number of anilines is 1. The Bertz CT molecular complexity index is 515. The van der Waals surface area contributed by atoms with Crippen LogP contribution in [0.25, 0.3) is 11.3 Å². The van der Waals surface area contributed by atoms with Crippen LogP contribution in [-0.4, -0.2) is 22.0 Å². The van der Waals surface area contributed by atoms with Crippen LogP contribution >= 0.6 is 0 Å². The van der Waals surface area contributed by atoms with E-state index in [1.54, 1.807) is 31.0 Å². The number of methoxy groups -OCH3 is 1. The van der Waals surface area contributed by atoms with Crippen molar-refractivity contribution in [2.45, 2.75) is 6.61 Å². The SMILES string of the molecule is COCc1cccc(-c2cc(N)n(C)n2)c1O. The third-order valence-corrected chi connectivity index (χ3v) is 2.61. The minimum atomic E-state index is 0.187. The predicted molar refractivity (Wildman–Crippen MR) is 65.4 cm³/mol. The van der Waals surface area contributed by atoms with Crippen LogP contribution in [0.1, 0.15) is 5.56 Å². The van der Waals surface area contributed by atoms with Gasteiger partial charge in [-0.15, -0.1) is 0 Å². The van der Waals surface area contributed by atoms with Crippen molar-refractivity contribution in [3.05, 3.63) is 29.8 Å². The molecule has 0 atom stereocenters. The summed E-state index contributed by atoms with van der Waals surface area (Å²) in [5.74, 6) is 0.740. The molecule has 17 heavy (non-hydrogen) atoms. The molecule has 0 unspecified atom stereocenters. The molecule has 90 valence electrons. The number of nitrogens with zero attached hydrogens (tertiary/aromatic N) is 2. The van der Waals surface area contributed by atoms with Crippen LogP contribution in [0.2, 0.25) is 0 Å². The fourth-order valence-electron chi connectivity index (χ4n) is 1.68. The minimum Gasteiger partial charge on any atom is -0.507 e. The molecule has 0 amide bonds. The summed E-state index contributed by atoms with van der Waals surface area (Å²) >= 11 is 0. The van der Waals surface area contributed by atoms with Crippen LogP contribution in [0, 0.1) is 0 Å². The third-order valence-electron chi connectivity index (χ3n) is 2.61. The van der Waals surface area contributed by atoms with E-state index in [4.69, 9.17) is 10.5 Å². The number of hydrogen-bond acceptors (Lipinski definition) is 4. The largest absolute Gasteiger partial charge is 0.507 e. The van der Waals surface area contributed by atoms with E-state index in [9.17, 15) is 5.11 Å². The lowest BCUT2D eigenvalue weighted by molar-refractivity contribution is 0.182. The number of para-hydroxylation sites is 1. The fourth-order valence-corrected chi connectivity index (χ4v) is 1.68. The second-order valence-electron chi connectivity index (χ2n) is 3.82. The molecule has 1 aromatic carbocycles. The van der Waals surface area contributed by atoms with Crippen molar-refractivity contribution in [3.63, 3.8) is 0 Å². The zero-order valence-corrected chi connectivity index (χ0v) is 9.84. The lowest BCUT2D eigenvalue weighted by Gasteiger charge is -2.06. The standard InChI is InChI=1S/C12H15N3O2/c1-15-11(13)6-10(14-15)9-5-3-4-8(7-17-2)12(9)16/h3-6,16H,7,13H2,1-2H3. The number of benzene rings is 1. The van der Waals surface area contributed by atoms with Crippen LogP contribution in [0.4, 0.5) is 5.82 Å². The summed E-state index contributed by atoms with van der Waals surface area (Å²) in [5, 5.41) is 14.3. The van der Waals surface area contributed by atoms with E-state index in [0.29, 0.717) is 23.7 Å². The topological polar surface area (TPSA) is 73.3 Å². The molecule has 0 aliphatic rings. The van der Waals surface area contributed by atoms with Crippen molar-refractivity contribution in [1.29, 1.82) is 0 Å². The molecule has 0 radical (unpaired) electrons. The second kappa shape index (κ2) is 4.47. The van der Waals surface area contributed by atoms with Gasteiger partial charge in [-0.3, -0.25) is 4.68 Å². The van der Waals surface area contributed by atoms with E-state index in [-0.39, 0.29) is 5.75 Å². The quantitative estimate of drug-likeness (QED) is 0.843.